The molecule has 0 saturated carbocycles. The van der Waals surface area contributed by atoms with Crippen LogP contribution in [0.4, 0.5) is 11.4 Å². The van der Waals surface area contributed by atoms with E-state index in [4.69, 9.17) is 4.74 Å². The van der Waals surface area contributed by atoms with Crippen LogP contribution in [0.2, 0.25) is 0 Å². The summed E-state index contributed by atoms with van der Waals surface area (Å²) in [6, 6.07) is 9.79. The molecule has 2 rings (SSSR count). The Kier molecular flexibility index (Phi) is 5.00. The van der Waals surface area contributed by atoms with Gasteiger partial charge in [0.2, 0.25) is 0 Å². The molecule has 24 heavy (non-hydrogen) atoms. The first-order valence-electron chi connectivity index (χ1n) is 6.71. The van der Waals surface area contributed by atoms with Crippen molar-refractivity contribution in [2.75, 3.05) is 7.11 Å². The van der Waals surface area contributed by atoms with E-state index in [0.717, 1.165) is 18.2 Å². The Morgan fingerprint density at radius 1 is 1.08 bits per heavy atom. The number of hydrogen-bond donors (Lipinski definition) is 0. The molecule has 2 aromatic rings. The second kappa shape index (κ2) is 7.14. The minimum Gasteiger partial charge on any atom is -0.497 e. The number of carbonyl (C=O) groups is 1. The van der Waals surface area contributed by atoms with E-state index in [1.165, 1.54) is 19.3 Å². The standard InChI is InChI=1S/C16H12N2O6/c1-24-13-4-2-3-11(9-13)5-8-16(19)14-7-6-12(17(20)21)10-15(14)18(22)23/h2-10H,1H3/b8-5+. The minimum absolute atomic E-state index is 0.218. The number of allylic oxidation sites excluding steroid dienone is 1. The van der Waals surface area contributed by atoms with E-state index >= 15 is 0 Å². The zero-order chi connectivity index (χ0) is 17.7. The molecule has 0 aliphatic heterocycles. The van der Waals surface area contributed by atoms with Crippen molar-refractivity contribution in [2.45, 2.75) is 0 Å². The molecule has 0 aliphatic carbocycles. The maximum atomic E-state index is 12.2. The Morgan fingerprint density at radius 3 is 2.46 bits per heavy atom. The maximum absolute atomic E-state index is 12.2. The Hall–Kier alpha value is -3.55. The van der Waals surface area contributed by atoms with Crippen molar-refractivity contribution >= 4 is 23.2 Å². The molecule has 0 fully saturated rings. The van der Waals surface area contributed by atoms with Crippen molar-refractivity contribution in [3.05, 3.63) is 79.9 Å². The minimum atomic E-state index is -0.820. The fourth-order valence-corrected chi connectivity index (χ4v) is 2.00. The summed E-state index contributed by atoms with van der Waals surface area (Å²) in [5.41, 5.74) is -0.600. The number of nitro benzene ring substituents is 2. The summed E-state index contributed by atoms with van der Waals surface area (Å²) in [5.74, 6) is -0.0228. The van der Waals surface area contributed by atoms with Gasteiger partial charge in [-0.2, -0.15) is 0 Å². The van der Waals surface area contributed by atoms with Gasteiger partial charge in [0.25, 0.3) is 11.4 Å². The largest absolute Gasteiger partial charge is 0.497 e. The summed E-state index contributed by atoms with van der Waals surface area (Å²) in [6.45, 7) is 0. The second-order valence-electron chi connectivity index (χ2n) is 4.69. The molecule has 0 bridgehead atoms. The van der Waals surface area contributed by atoms with E-state index in [1.807, 2.05) is 0 Å². The molecule has 0 radical (unpaired) electrons. The molecule has 0 N–H and O–H groups in total. The predicted octanol–water partition coefficient (Wildman–Crippen LogP) is 3.41. The van der Waals surface area contributed by atoms with E-state index in [0.29, 0.717) is 11.3 Å². The number of carbonyl (C=O) groups excluding carboxylic acids is 1. The smallest absolute Gasteiger partial charge is 0.287 e. The molecule has 2 aromatic carbocycles. The van der Waals surface area contributed by atoms with Crippen LogP contribution in [0.5, 0.6) is 5.75 Å². The van der Waals surface area contributed by atoms with Gasteiger partial charge in [-0.3, -0.25) is 25.0 Å². The molecular weight excluding hydrogens is 316 g/mol. The molecule has 0 heterocycles. The van der Waals surface area contributed by atoms with Gasteiger partial charge in [-0.15, -0.1) is 0 Å². The third kappa shape index (κ3) is 3.80. The maximum Gasteiger partial charge on any atom is 0.287 e. The number of non-ortho nitro benzene ring substituents is 1. The first kappa shape index (κ1) is 16.8. The van der Waals surface area contributed by atoms with Gasteiger partial charge < -0.3 is 4.74 Å². The quantitative estimate of drug-likeness (QED) is 0.347. The van der Waals surface area contributed by atoms with Crippen molar-refractivity contribution in [3.63, 3.8) is 0 Å². The Balaban J connectivity index is 2.33. The topological polar surface area (TPSA) is 113 Å². The van der Waals surface area contributed by atoms with E-state index in [-0.39, 0.29) is 5.56 Å². The zero-order valence-electron chi connectivity index (χ0n) is 12.5. The summed E-state index contributed by atoms with van der Waals surface area (Å²) < 4.78 is 5.06. The van der Waals surface area contributed by atoms with Gasteiger partial charge in [-0.05, 0) is 29.8 Å². The van der Waals surface area contributed by atoms with Crippen LogP contribution >= 0.6 is 0 Å². The van der Waals surface area contributed by atoms with Crippen molar-refractivity contribution in [3.8, 4) is 5.75 Å². The molecular formula is C16H12N2O6. The molecule has 0 unspecified atom stereocenters. The lowest BCUT2D eigenvalue weighted by molar-refractivity contribution is -0.394. The molecule has 8 nitrogen and oxygen atoms in total. The third-order valence-corrected chi connectivity index (χ3v) is 3.18. The normalized spacial score (nSPS) is 10.5. The fraction of sp³-hybridized carbons (Fsp3) is 0.0625. The molecule has 0 saturated heterocycles. The molecule has 0 aliphatic rings. The molecule has 0 spiro atoms. The van der Waals surface area contributed by atoms with Crippen LogP contribution in [-0.4, -0.2) is 22.7 Å². The Morgan fingerprint density at radius 2 is 1.83 bits per heavy atom. The molecule has 122 valence electrons. The highest BCUT2D eigenvalue weighted by Gasteiger charge is 2.22. The van der Waals surface area contributed by atoms with Gasteiger partial charge in [0.15, 0.2) is 5.78 Å². The van der Waals surface area contributed by atoms with Crippen LogP contribution < -0.4 is 4.74 Å². The summed E-state index contributed by atoms with van der Waals surface area (Å²) >= 11 is 0. The highest BCUT2D eigenvalue weighted by Crippen LogP contribution is 2.25. The molecule has 8 heteroatoms. The van der Waals surface area contributed by atoms with Crippen LogP contribution in [-0.2, 0) is 0 Å². The molecule has 0 aromatic heterocycles. The predicted molar refractivity (Wildman–Crippen MR) is 86.1 cm³/mol. The SMILES string of the molecule is COc1cccc(/C=C/C(=O)c2ccc([N+](=O)[O-])cc2[N+](=O)[O-])c1. The number of methoxy groups -OCH3 is 1. The number of ether oxygens (including phenoxy) is 1. The van der Waals surface area contributed by atoms with E-state index in [2.05, 4.69) is 0 Å². The Labute approximate surface area is 136 Å². The summed E-state index contributed by atoms with van der Waals surface area (Å²) in [6.07, 6.45) is 2.65. The first-order valence-corrected chi connectivity index (χ1v) is 6.71. The lowest BCUT2D eigenvalue weighted by Crippen LogP contribution is -2.02. The third-order valence-electron chi connectivity index (χ3n) is 3.18. The van der Waals surface area contributed by atoms with E-state index in [1.54, 1.807) is 24.3 Å². The van der Waals surface area contributed by atoms with Gasteiger partial charge in [0, 0.05) is 6.07 Å². The summed E-state index contributed by atoms with van der Waals surface area (Å²) in [7, 11) is 1.51. The number of benzene rings is 2. The number of hydrogen-bond acceptors (Lipinski definition) is 6. The van der Waals surface area contributed by atoms with Gasteiger partial charge in [0.1, 0.15) is 11.3 Å². The van der Waals surface area contributed by atoms with Crippen molar-refractivity contribution in [1.29, 1.82) is 0 Å². The summed E-state index contributed by atoms with van der Waals surface area (Å²) in [4.78, 5) is 32.4. The number of ketones is 1. The molecule has 0 atom stereocenters. The van der Waals surface area contributed by atoms with E-state index < -0.39 is 27.0 Å². The van der Waals surface area contributed by atoms with Crippen molar-refractivity contribution in [1.82, 2.24) is 0 Å². The van der Waals surface area contributed by atoms with Gasteiger partial charge >= 0.3 is 0 Å². The summed E-state index contributed by atoms with van der Waals surface area (Å²) in [5, 5.41) is 21.7. The average Bonchev–Trinajstić information content (AvgIpc) is 2.59. The lowest BCUT2D eigenvalue weighted by Gasteiger charge is -2.01. The highest BCUT2D eigenvalue weighted by molar-refractivity contribution is 6.09. The van der Waals surface area contributed by atoms with E-state index in [9.17, 15) is 25.0 Å². The van der Waals surface area contributed by atoms with Gasteiger partial charge in [0.05, 0.1) is 23.0 Å². The number of nitrogens with zero attached hydrogens (tertiary/aromatic N) is 2. The van der Waals surface area contributed by atoms with Crippen molar-refractivity contribution < 1.29 is 19.4 Å². The van der Waals surface area contributed by atoms with Gasteiger partial charge in [-0.25, -0.2) is 0 Å². The monoisotopic (exact) mass is 328 g/mol. The molecule has 0 amide bonds. The number of rotatable bonds is 6. The van der Waals surface area contributed by atoms with Crippen LogP contribution in [0.1, 0.15) is 15.9 Å². The number of nitro groups is 2. The first-order chi connectivity index (χ1) is 11.4. The lowest BCUT2D eigenvalue weighted by atomic mass is 10.1. The van der Waals surface area contributed by atoms with Crippen molar-refractivity contribution in [2.24, 2.45) is 0 Å². The van der Waals surface area contributed by atoms with Crippen LogP contribution in [0, 0.1) is 20.2 Å². The van der Waals surface area contributed by atoms with Crippen LogP contribution in [0.25, 0.3) is 6.08 Å². The van der Waals surface area contributed by atoms with Gasteiger partial charge in [-0.1, -0.05) is 18.2 Å². The zero-order valence-corrected chi connectivity index (χ0v) is 12.5. The van der Waals surface area contributed by atoms with Crippen LogP contribution in [0.3, 0.4) is 0 Å². The average molecular weight is 328 g/mol. The second-order valence-corrected chi connectivity index (χ2v) is 4.69. The fourth-order valence-electron chi connectivity index (χ4n) is 2.00. The van der Waals surface area contributed by atoms with Crippen LogP contribution in [0.15, 0.2) is 48.5 Å². The highest BCUT2D eigenvalue weighted by atomic mass is 16.6. The Bertz CT molecular complexity index is 844.